The molecule has 0 atom stereocenters. The van der Waals surface area contributed by atoms with E-state index in [0.717, 1.165) is 29.8 Å². The topological polar surface area (TPSA) is 57.8 Å². The maximum Gasteiger partial charge on any atom is 0.251 e. The Bertz CT molecular complexity index is 908. The molecule has 4 rings (SSSR count). The van der Waals surface area contributed by atoms with E-state index in [1.165, 1.54) is 50.5 Å². The quantitative estimate of drug-likeness (QED) is 0.640. The van der Waals surface area contributed by atoms with Crippen LogP contribution < -0.4 is 5.32 Å². The highest BCUT2D eigenvalue weighted by atomic mass is 16.1. The van der Waals surface area contributed by atoms with Gasteiger partial charge in [-0.15, -0.1) is 0 Å². The standard InChI is InChI=1S/C24H29N3O/c28-24(25-17-19-11-5-2-1-3-6-12-19)20-13-14-21-22(16-20)27-23(26-21)15-18-9-7-4-8-10-18/h4,7-10,13-14,16,19H,1-3,5-6,11-12,15,17H2,(H,25,28)(H,26,27). The van der Waals surface area contributed by atoms with E-state index >= 15 is 0 Å². The fourth-order valence-electron chi connectivity index (χ4n) is 4.16. The van der Waals surface area contributed by atoms with Crippen molar-refractivity contribution in [1.82, 2.24) is 15.3 Å². The fourth-order valence-corrected chi connectivity index (χ4v) is 4.16. The van der Waals surface area contributed by atoms with Crippen molar-refractivity contribution in [2.24, 2.45) is 5.92 Å². The number of imidazole rings is 1. The van der Waals surface area contributed by atoms with Gasteiger partial charge in [-0.25, -0.2) is 4.98 Å². The first-order valence-electron chi connectivity index (χ1n) is 10.6. The van der Waals surface area contributed by atoms with Crippen molar-refractivity contribution >= 4 is 16.9 Å². The lowest BCUT2D eigenvalue weighted by atomic mass is 9.91. The van der Waals surface area contributed by atoms with E-state index < -0.39 is 0 Å². The van der Waals surface area contributed by atoms with Crippen molar-refractivity contribution < 1.29 is 4.79 Å². The first-order valence-corrected chi connectivity index (χ1v) is 10.6. The first kappa shape index (κ1) is 18.7. The minimum atomic E-state index is 0.0107. The molecule has 28 heavy (non-hydrogen) atoms. The van der Waals surface area contributed by atoms with Gasteiger partial charge in [-0.05, 0) is 42.5 Å². The number of hydrogen-bond acceptors (Lipinski definition) is 2. The predicted octanol–water partition coefficient (Wildman–Crippen LogP) is 5.24. The number of rotatable bonds is 5. The van der Waals surface area contributed by atoms with Crippen LogP contribution in [0.15, 0.2) is 48.5 Å². The van der Waals surface area contributed by atoms with E-state index in [2.05, 4.69) is 27.4 Å². The van der Waals surface area contributed by atoms with Crippen molar-refractivity contribution in [3.05, 3.63) is 65.5 Å². The van der Waals surface area contributed by atoms with E-state index in [-0.39, 0.29) is 5.91 Å². The Morgan fingerprint density at radius 1 is 1.00 bits per heavy atom. The molecule has 1 aliphatic rings. The van der Waals surface area contributed by atoms with Crippen molar-refractivity contribution in [1.29, 1.82) is 0 Å². The molecule has 1 aromatic heterocycles. The molecule has 0 spiro atoms. The van der Waals surface area contributed by atoms with Crippen LogP contribution in [-0.4, -0.2) is 22.4 Å². The zero-order chi connectivity index (χ0) is 19.2. The normalized spacial score (nSPS) is 15.9. The predicted molar refractivity (Wildman–Crippen MR) is 113 cm³/mol. The maximum atomic E-state index is 12.6. The molecule has 0 radical (unpaired) electrons. The third kappa shape index (κ3) is 4.80. The van der Waals surface area contributed by atoms with Gasteiger partial charge in [-0.2, -0.15) is 0 Å². The van der Waals surface area contributed by atoms with E-state index in [0.29, 0.717) is 11.5 Å². The Morgan fingerprint density at radius 3 is 2.54 bits per heavy atom. The highest BCUT2D eigenvalue weighted by molar-refractivity contribution is 5.97. The molecule has 4 nitrogen and oxygen atoms in total. The van der Waals surface area contributed by atoms with E-state index in [9.17, 15) is 4.79 Å². The van der Waals surface area contributed by atoms with Crippen LogP contribution in [-0.2, 0) is 6.42 Å². The molecule has 2 N–H and O–H groups in total. The van der Waals surface area contributed by atoms with Gasteiger partial charge >= 0.3 is 0 Å². The lowest BCUT2D eigenvalue weighted by Gasteiger charge is -2.20. The van der Waals surface area contributed by atoms with Crippen LogP contribution in [0.3, 0.4) is 0 Å². The van der Waals surface area contributed by atoms with Gasteiger partial charge in [0.2, 0.25) is 0 Å². The fraction of sp³-hybridized carbons (Fsp3) is 0.417. The molecule has 0 saturated heterocycles. The maximum absolute atomic E-state index is 12.6. The number of aromatic nitrogens is 2. The highest BCUT2D eigenvalue weighted by Gasteiger charge is 2.14. The molecule has 4 heteroatoms. The van der Waals surface area contributed by atoms with Gasteiger partial charge in [0.1, 0.15) is 5.82 Å². The molecule has 0 unspecified atom stereocenters. The molecule has 0 aliphatic heterocycles. The average Bonchev–Trinajstić information content (AvgIpc) is 3.09. The minimum Gasteiger partial charge on any atom is -0.352 e. The molecule has 1 saturated carbocycles. The molecule has 2 aromatic carbocycles. The van der Waals surface area contributed by atoms with Gasteiger partial charge in [0, 0.05) is 18.5 Å². The molecule has 0 bridgehead atoms. The summed E-state index contributed by atoms with van der Waals surface area (Å²) in [6.07, 6.45) is 9.88. The summed E-state index contributed by atoms with van der Waals surface area (Å²) >= 11 is 0. The Labute approximate surface area is 166 Å². The first-order chi connectivity index (χ1) is 13.8. The van der Waals surface area contributed by atoms with Crippen LogP contribution in [0.1, 0.15) is 66.7 Å². The summed E-state index contributed by atoms with van der Waals surface area (Å²) in [4.78, 5) is 20.7. The summed E-state index contributed by atoms with van der Waals surface area (Å²) in [6.45, 7) is 0.788. The number of benzene rings is 2. The van der Waals surface area contributed by atoms with Crippen LogP contribution in [0, 0.1) is 5.92 Å². The van der Waals surface area contributed by atoms with Crippen molar-refractivity contribution in [2.75, 3.05) is 6.54 Å². The van der Waals surface area contributed by atoms with E-state index in [1.807, 2.05) is 36.4 Å². The second-order valence-electron chi connectivity index (χ2n) is 8.00. The van der Waals surface area contributed by atoms with Crippen molar-refractivity contribution in [3.63, 3.8) is 0 Å². The van der Waals surface area contributed by atoms with Crippen molar-refractivity contribution in [2.45, 2.75) is 51.4 Å². The Morgan fingerprint density at radius 2 is 1.75 bits per heavy atom. The Hall–Kier alpha value is -2.62. The Balaban J connectivity index is 1.39. The number of amides is 1. The third-order valence-electron chi connectivity index (χ3n) is 5.78. The molecule has 1 heterocycles. The van der Waals surface area contributed by atoms with Gasteiger partial charge in [0.15, 0.2) is 0 Å². The molecule has 146 valence electrons. The minimum absolute atomic E-state index is 0.0107. The average molecular weight is 376 g/mol. The molecular weight excluding hydrogens is 346 g/mol. The van der Waals surface area contributed by atoms with Gasteiger partial charge in [0.25, 0.3) is 5.91 Å². The van der Waals surface area contributed by atoms with E-state index in [1.54, 1.807) is 0 Å². The molecule has 1 fully saturated rings. The number of carbonyl (C=O) groups is 1. The monoisotopic (exact) mass is 375 g/mol. The number of carbonyl (C=O) groups excluding carboxylic acids is 1. The van der Waals surface area contributed by atoms with Crippen molar-refractivity contribution in [3.8, 4) is 0 Å². The van der Waals surface area contributed by atoms with Crippen LogP contribution in [0.25, 0.3) is 11.0 Å². The van der Waals surface area contributed by atoms with Gasteiger partial charge < -0.3 is 10.3 Å². The SMILES string of the molecule is O=C(NCC1CCCCCCC1)c1ccc2[nH]c(Cc3ccccc3)nc2c1. The van der Waals surface area contributed by atoms with Gasteiger partial charge in [-0.1, -0.05) is 62.4 Å². The highest BCUT2D eigenvalue weighted by Crippen LogP contribution is 2.22. The Kier molecular flexibility index (Phi) is 6.05. The number of nitrogens with zero attached hydrogens (tertiary/aromatic N) is 1. The smallest absolute Gasteiger partial charge is 0.251 e. The molecular formula is C24H29N3O. The van der Waals surface area contributed by atoms with E-state index in [4.69, 9.17) is 0 Å². The van der Waals surface area contributed by atoms with Crippen LogP contribution in [0.2, 0.25) is 0 Å². The zero-order valence-corrected chi connectivity index (χ0v) is 16.4. The van der Waals surface area contributed by atoms with Crippen LogP contribution >= 0.6 is 0 Å². The largest absolute Gasteiger partial charge is 0.352 e. The summed E-state index contributed by atoms with van der Waals surface area (Å²) in [5.41, 5.74) is 3.74. The van der Waals surface area contributed by atoms with Crippen LogP contribution in [0.4, 0.5) is 0 Å². The van der Waals surface area contributed by atoms with Crippen LogP contribution in [0.5, 0.6) is 0 Å². The zero-order valence-electron chi connectivity index (χ0n) is 16.4. The second-order valence-corrected chi connectivity index (χ2v) is 8.00. The molecule has 3 aromatic rings. The number of fused-ring (bicyclic) bond motifs is 1. The third-order valence-corrected chi connectivity index (χ3v) is 5.78. The summed E-state index contributed by atoms with van der Waals surface area (Å²) in [5, 5.41) is 3.15. The lowest BCUT2D eigenvalue weighted by Crippen LogP contribution is -2.29. The lowest BCUT2D eigenvalue weighted by molar-refractivity contribution is 0.0944. The number of nitrogens with one attached hydrogen (secondary N) is 2. The number of hydrogen-bond donors (Lipinski definition) is 2. The van der Waals surface area contributed by atoms with Gasteiger partial charge in [-0.3, -0.25) is 4.79 Å². The molecule has 1 aliphatic carbocycles. The molecule has 1 amide bonds. The summed E-state index contributed by atoms with van der Waals surface area (Å²) in [5.74, 6) is 1.56. The summed E-state index contributed by atoms with van der Waals surface area (Å²) < 4.78 is 0. The second kappa shape index (κ2) is 9.05. The number of H-pyrrole nitrogens is 1. The number of aromatic amines is 1. The summed E-state index contributed by atoms with van der Waals surface area (Å²) in [7, 11) is 0. The summed E-state index contributed by atoms with van der Waals surface area (Å²) in [6, 6.07) is 16.0. The van der Waals surface area contributed by atoms with Gasteiger partial charge in [0.05, 0.1) is 11.0 Å².